The summed E-state index contributed by atoms with van der Waals surface area (Å²) >= 11 is 13.1. The number of benzene rings is 5. The second kappa shape index (κ2) is 21.6. The lowest BCUT2D eigenvalue weighted by Crippen LogP contribution is -2.58. The summed E-state index contributed by atoms with van der Waals surface area (Å²) in [5.74, 6) is 0.770. The average Bonchev–Trinajstić information content (AvgIpc) is 3.28. The van der Waals surface area contributed by atoms with Crippen molar-refractivity contribution >= 4 is 35.2 Å². The van der Waals surface area contributed by atoms with E-state index >= 15 is 0 Å². The van der Waals surface area contributed by atoms with E-state index in [2.05, 4.69) is 15.1 Å². The van der Waals surface area contributed by atoms with Gasteiger partial charge in [0.15, 0.2) is 0 Å². The van der Waals surface area contributed by atoms with Gasteiger partial charge in [-0.15, -0.1) is 0 Å². The molecular formula is C49H53Cl2FN4O5. The van der Waals surface area contributed by atoms with Gasteiger partial charge in [-0.05, 0) is 110 Å². The Morgan fingerprint density at radius 3 is 2.10 bits per heavy atom. The van der Waals surface area contributed by atoms with Gasteiger partial charge in [-0.25, -0.2) is 9.18 Å². The number of alkyl carbamates (subject to hydrolysis) is 1. The summed E-state index contributed by atoms with van der Waals surface area (Å²) in [5.41, 5.74) is 5.45. The minimum atomic E-state index is -0.746. The van der Waals surface area contributed by atoms with Gasteiger partial charge in [-0.2, -0.15) is 0 Å². The third-order valence-electron chi connectivity index (χ3n) is 11.5. The highest BCUT2D eigenvalue weighted by Crippen LogP contribution is 2.37. The fourth-order valence-electron chi connectivity index (χ4n) is 8.20. The van der Waals surface area contributed by atoms with Gasteiger partial charge >= 0.3 is 6.09 Å². The van der Waals surface area contributed by atoms with Crippen molar-refractivity contribution in [2.45, 2.75) is 52.0 Å². The van der Waals surface area contributed by atoms with E-state index in [1.54, 1.807) is 12.1 Å². The van der Waals surface area contributed by atoms with Crippen LogP contribution in [0.3, 0.4) is 0 Å². The molecule has 2 aliphatic rings. The Morgan fingerprint density at radius 2 is 1.39 bits per heavy atom. The molecule has 0 bridgehead atoms. The Kier molecular flexibility index (Phi) is 15.6. The second-order valence-electron chi connectivity index (χ2n) is 15.6. The zero-order valence-corrected chi connectivity index (χ0v) is 36.1. The van der Waals surface area contributed by atoms with Crippen molar-refractivity contribution in [3.05, 3.63) is 153 Å². The van der Waals surface area contributed by atoms with Crippen molar-refractivity contribution < 1.29 is 28.2 Å². The van der Waals surface area contributed by atoms with E-state index in [1.165, 1.54) is 6.07 Å². The van der Waals surface area contributed by atoms with E-state index in [4.69, 9.17) is 37.4 Å². The number of hydrogen-bond donors (Lipinski definition) is 1. The van der Waals surface area contributed by atoms with Gasteiger partial charge in [-0.1, -0.05) is 96.0 Å². The highest BCUT2D eigenvalue weighted by Gasteiger charge is 2.37. The lowest BCUT2D eigenvalue weighted by atomic mass is 9.88. The van der Waals surface area contributed by atoms with Crippen LogP contribution in [0.5, 0.6) is 11.5 Å². The van der Waals surface area contributed by atoms with E-state index in [-0.39, 0.29) is 24.2 Å². The molecule has 0 aliphatic carbocycles. The monoisotopic (exact) mass is 866 g/mol. The standard InChI is InChI=1S/C49H53Cl2FN4O5/c1-2-59-45-15-9-14-44(52)43(45)32-55-26-28-56(29-27-55)48(57)47(53-49(58)61-34-36-12-7-4-8-13-36)37-20-23-54(24-21-37)25-22-38-30-39(50)16-18-41(38)42-31-40(51)17-19-46(42)60-33-35-10-5-3-6-11-35/h3-19,30-31,37,47H,2,20-29,32-34H2,1H3,(H,53,58)/t47-/m1/s1. The van der Waals surface area contributed by atoms with Crippen molar-refractivity contribution in [2.75, 3.05) is 52.4 Å². The summed E-state index contributed by atoms with van der Waals surface area (Å²) in [6, 6.07) is 35.3. The molecule has 1 atom stereocenters. The topological polar surface area (TPSA) is 83.6 Å². The third kappa shape index (κ3) is 12.0. The van der Waals surface area contributed by atoms with Crippen molar-refractivity contribution in [1.29, 1.82) is 0 Å². The Hall–Kier alpha value is -5.13. The molecule has 2 fully saturated rings. The first-order chi connectivity index (χ1) is 29.7. The first kappa shape index (κ1) is 43.9. The minimum Gasteiger partial charge on any atom is -0.493 e. The Morgan fingerprint density at radius 1 is 0.721 bits per heavy atom. The van der Waals surface area contributed by atoms with Crippen molar-refractivity contribution in [2.24, 2.45) is 5.92 Å². The van der Waals surface area contributed by atoms with E-state index in [9.17, 15) is 14.0 Å². The Balaban J connectivity index is 0.993. The average molecular weight is 868 g/mol. The smallest absolute Gasteiger partial charge is 0.408 e. The molecule has 0 spiro atoms. The number of hydrogen-bond acceptors (Lipinski definition) is 7. The number of carbonyl (C=O) groups is 2. The molecule has 5 aromatic rings. The normalized spacial score (nSPS) is 15.6. The molecule has 0 radical (unpaired) electrons. The third-order valence-corrected chi connectivity index (χ3v) is 12.0. The number of halogens is 3. The molecule has 2 aliphatic heterocycles. The lowest BCUT2D eigenvalue weighted by molar-refractivity contribution is -0.137. The predicted octanol–water partition coefficient (Wildman–Crippen LogP) is 9.67. The molecule has 0 aromatic heterocycles. The highest BCUT2D eigenvalue weighted by atomic mass is 35.5. The van der Waals surface area contributed by atoms with Crippen LogP contribution in [0.2, 0.25) is 10.0 Å². The summed E-state index contributed by atoms with van der Waals surface area (Å²) in [7, 11) is 0. The quantitative estimate of drug-likeness (QED) is 0.106. The van der Waals surface area contributed by atoms with Crippen LogP contribution in [0, 0.1) is 11.7 Å². The van der Waals surface area contributed by atoms with E-state index in [0.717, 1.165) is 72.5 Å². The van der Waals surface area contributed by atoms with Gasteiger partial charge in [0.2, 0.25) is 5.91 Å². The van der Waals surface area contributed by atoms with Gasteiger partial charge < -0.3 is 29.3 Å². The largest absolute Gasteiger partial charge is 0.493 e. The SMILES string of the molecule is CCOc1cccc(F)c1CN1CCN(C(=O)[C@H](NC(=O)OCc2ccccc2)C2CCN(CCc3cc(Cl)ccc3-c3cc(Cl)ccc3OCc3ccccc3)CC2)CC1. The highest BCUT2D eigenvalue weighted by molar-refractivity contribution is 6.31. The fraction of sp³-hybridized carbons (Fsp3) is 0.347. The molecule has 2 amide bonds. The number of rotatable bonds is 16. The van der Waals surface area contributed by atoms with E-state index in [0.29, 0.717) is 67.3 Å². The summed E-state index contributed by atoms with van der Waals surface area (Å²) < 4.78 is 32.5. The maximum atomic E-state index is 14.9. The number of carbonyl (C=O) groups excluding carboxylic acids is 2. The Bertz CT molecular complexity index is 2220. The maximum absolute atomic E-state index is 14.9. The second-order valence-corrected chi connectivity index (χ2v) is 16.5. The van der Waals surface area contributed by atoms with E-state index < -0.39 is 12.1 Å². The Labute approximate surface area is 368 Å². The van der Waals surface area contributed by atoms with Crippen LogP contribution in [0.15, 0.2) is 115 Å². The zero-order chi connectivity index (χ0) is 42.6. The number of ether oxygens (including phenoxy) is 3. The first-order valence-corrected chi connectivity index (χ1v) is 21.9. The number of piperidine rings is 1. The van der Waals surface area contributed by atoms with Crippen molar-refractivity contribution in [1.82, 2.24) is 20.0 Å². The van der Waals surface area contributed by atoms with Crippen LogP contribution in [-0.4, -0.2) is 85.2 Å². The molecule has 61 heavy (non-hydrogen) atoms. The van der Waals surface area contributed by atoms with Crippen LogP contribution in [0.25, 0.3) is 11.1 Å². The number of nitrogens with zero attached hydrogens (tertiary/aromatic N) is 3. The predicted molar refractivity (Wildman–Crippen MR) is 239 cm³/mol. The molecule has 7 rings (SSSR count). The summed E-state index contributed by atoms with van der Waals surface area (Å²) in [6.45, 7) is 7.58. The van der Waals surface area contributed by atoms with E-state index in [1.807, 2.05) is 109 Å². The molecular weight excluding hydrogens is 814 g/mol. The van der Waals surface area contributed by atoms with Gasteiger partial charge in [0.25, 0.3) is 0 Å². The summed E-state index contributed by atoms with van der Waals surface area (Å²) in [5, 5.41) is 4.25. The molecule has 320 valence electrons. The van der Waals surface area contributed by atoms with Crippen LogP contribution >= 0.6 is 23.2 Å². The van der Waals surface area contributed by atoms with Crippen LogP contribution < -0.4 is 14.8 Å². The van der Waals surface area contributed by atoms with Gasteiger partial charge in [0, 0.05) is 60.4 Å². The molecule has 2 saturated heterocycles. The van der Waals surface area contributed by atoms with Crippen LogP contribution in [-0.2, 0) is 35.7 Å². The first-order valence-electron chi connectivity index (χ1n) is 21.1. The minimum absolute atomic E-state index is 0.0873. The molecule has 9 nitrogen and oxygen atoms in total. The summed E-state index contributed by atoms with van der Waals surface area (Å²) in [6.07, 6.45) is 1.56. The molecule has 1 N–H and O–H groups in total. The number of piperazine rings is 1. The van der Waals surface area contributed by atoms with Gasteiger partial charge in [0.05, 0.1) is 6.61 Å². The lowest BCUT2D eigenvalue weighted by Gasteiger charge is -2.40. The maximum Gasteiger partial charge on any atom is 0.408 e. The molecule has 5 aromatic carbocycles. The molecule has 0 saturated carbocycles. The van der Waals surface area contributed by atoms with Crippen LogP contribution in [0.1, 0.15) is 42.0 Å². The van der Waals surface area contributed by atoms with Gasteiger partial charge in [0.1, 0.15) is 36.6 Å². The molecule has 0 unspecified atom stereocenters. The fourth-order valence-corrected chi connectivity index (χ4v) is 8.56. The van der Waals surface area contributed by atoms with Crippen molar-refractivity contribution in [3.8, 4) is 22.6 Å². The van der Waals surface area contributed by atoms with Crippen molar-refractivity contribution in [3.63, 3.8) is 0 Å². The zero-order valence-electron chi connectivity index (χ0n) is 34.5. The molecule has 2 heterocycles. The summed E-state index contributed by atoms with van der Waals surface area (Å²) in [4.78, 5) is 34.0. The number of amides is 2. The van der Waals surface area contributed by atoms with Crippen LogP contribution in [0.4, 0.5) is 9.18 Å². The van der Waals surface area contributed by atoms with Gasteiger partial charge in [-0.3, -0.25) is 9.69 Å². The number of likely N-dealkylation sites (tertiary alicyclic amines) is 1. The number of nitrogens with one attached hydrogen (secondary N) is 1. The molecule has 12 heteroatoms.